The second-order valence-electron chi connectivity index (χ2n) is 4.64. The Morgan fingerprint density at radius 3 is 2.45 bits per heavy atom. The number of carbonyl (C=O) groups is 2. The number of hydrogen-bond donors (Lipinski definition) is 3. The molecule has 0 saturated heterocycles. The number of aliphatic hydroxyl groups excluding tert-OH is 1. The molecular formula is C15H15ClN2O4. The lowest BCUT2D eigenvalue weighted by atomic mass is 10.2. The number of amides is 2. The molecule has 6 nitrogen and oxygen atoms in total. The van der Waals surface area contributed by atoms with Gasteiger partial charge in [-0.2, -0.15) is 0 Å². The normalized spacial score (nSPS) is 11.8. The van der Waals surface area contributed by atoms with Crippen LogP contribution in [-0.4, -0.2) is 23.5 Å². The van der Waals surface area contributed by atoms with Crippen LogP contribution >= 0.6 is 11.6 Å². The van der Waals surface area contributed by atoms with E-state index in [-0.39, 0.29) is 6.54 Å². The molecule has 116 valence electrons. The monoisotopic (exact) mass is 322 g/mol. The molecule has 2 rings (SSSR count). The number of aryl methyl sites for hydroxylation is 1. The van der Waals surface area contributed by atoms with Crippen LogP contribution in [0.25, 0.3) is 0 Å². The van der Waals surface area contributed by atoms with Gasteiger partial charge in [0.2, 0.25) is 0 Å². The zero-order valence-electron chi connectivity index (χ0n) is 11.8. The van der Waals surface area contributed by atoms with Gasteiger partial charge in [-0.1, -0.05) is 11.6 Å². The smallest absolute Gasteiger partial charge is 0.313 e. The highest BCUT2D eigenvalue weighted by molar-refractivity contribution is 6.39. The van der Waals surface area contributed by atoms with Gasteiger partial charge in [0.1, 0.15) is 17.6 Å². The summed E-state index contributed by atoms with van der Waals surface area (Å²) >= 11 is 5.73. The molecule has 1 atom stereocenters. The number of nitrogens with one attached hydrogen (secondary N) is 2. The second kappa shape index (κ2) is 7.11. The predicted molar refractivity (Wildman–Crippen MR) is 81.5 cm³/mol. The number of rotatable bonds is 4. The van der Waals surface area contributed by atoms with Gasteiger partial charge in [0, 0.05) is 10.7 Å². The Bertz CT molecular complexity index is 666. The van der Waals surface area contributed by atoms with Crippen LogP contribution in [0.15, 0.2) is 40.8 Å². The highest BCUT2D eigenvalue weighted by Crippen LogP contribution is 2.15. The molecule has 0 bridgehead atoms. The Kier molecular flexibility index (Phi) is 5.19. The largest absolute Gasteiger partial charge is 0.464 e. The Morgan fingerprint density at radius 2 is 1.86 bits per heavy atom. The van der Waals surface area contributed by atoms with Crippen molar-refractivity contribution in [3.8, 4) is 0 Å². The van der Waals surface area contributed by atoms with Crippen molar-refractivity contribution in [1.29, 1.82) is 0 Å². The minimum atomic E-state index is -1.01. The van der Waals surface area contributed by atoms with Crippen LogP contribution in [0.1, 0.15) is 17.6 Å². The van der Waals surface area contributed by atoms with E-state index in [1.54, 1.807) is 43.3 Å². The van der Waals surface area contributed by atoms with Crippen molar-refractivity contribution in [3.05, 3.63) is 52.9 Å². The molecule has 1 unspecified atom stereocenters. The van der Waals surface area contributed by atoms with Gasteiger partial charge in [0.15, 0.2) is 0 Å². The molecule has 0 aliphatic rings. The number of benzene rings is 1. The van der Waals surface area contributed by atoms with Crippen LogP contribution in [0.2, 0.25) is 5.02 Å². The number of halogens is 1. The molecule has 1 heterocycles. The van der Waals surface area contributed by atoms with Crippen molar-refractivity contribution in [1.82, 2.24) is 5.32 Å². The highest BCUT2D eigenvalue weighted by Gasteiger charge is 2.17. The van der Waals surface area contributed by atoms with Gasteiger partial charge >= 0.3 is 11.8 Å². The average Bonchev–Trinajstić information content (AvgIpc) is 2.93. The topological polar surface area (TPSA) is 91.6 Å². The molecule has 1 aromatic carbocycles. The SMILES string of the molecule is Cc1ccc(C(O)CNC(=O)C(=O)Nc2ccc(Cl)cc2)o1. The van der Waals surface area contributed by atoms with E-state index in [0.717, 1.165) is 0 Å². The van der Waals surface area contributed by atoms with Crippen LogP contribution < -0.4 is 10.6 Å². The standard InChI is InChI=1S/C15H15ClN2O4/c1-9-2-7-13(22-9)12(19)8-17-14(20)15(21)18-11-5-3-10(16)4-6-11/h2-7,12,19H,8H2,1H3,(H,17,20)(H,18,21). The fourth-order valence-corrected chi connectivity index (χ4v) is 1.85. The molecule has 0 fully saturated rings. The summed E-state index contributed by atoms with van der Waals surface area (Å²) in [7, 11) is 0. The van der Waals surface area contributed by atoms with Gasteiger partial charge in [-0.3, -0.25) is 9.59 Å². The lowest BCUT2D eigenvalue weighted by Gasteiger charge is -2.10. The molecule has 0 aliphatic heterocycles. The fraction of sp³-hybridized carbons (Fsp3) is 0.200. The number of anilines is 1. The summed E-state index contributed by atoms with van der Waals surface area (Å²) < 4.78 is 5.23. The molecule has 0 spiro atoms. The molecule has 2 aromatic rings. The lowest BCUT2D eigenvalue weighted by Crippen LogP contribution is -2.37. The maximum absolute atomic E-state index is 11.7. The Labute approximate surface area is 132 Å². The molecular weight excluding hydrogens is 308 g/mol. The summed E-state index contributed by atoms with van der Waals surface area (Å²) in [5.41, 5.74) is 0.451. The number of carbonyl (C=O) groups excluding carboxylic acids is 2. The van der Waals surface area contributed by atoms with Crippen LogP contribution in [0.3, 0.4) is 0 Å². The van der Waals surface area contributed by atoms with E-state index in [1.807, 2.05) is 0 Å². The fourth-order valence-electron chi connectivity index (χ4n) is 1.72. The molecule has 0 aliphatic carbocycles. The highest BCUT2D eigenvalue weighted by atomic mass is 35.5. The molecule has 7 heteroatoms. The van der Waals surface area contributed by atoms with Crippen LogP contribution in [0, 0.1) is 6.92 Å². The number of aliphatic hydroxyl groups is 1. The van der Waals surface area contributed by atoms with E-state index in [2.05, 4.69) is 10.6 Å². The van der Waals surface area contributed by atoms with E-state index >= 15 is 0 Å². The summed E-state index contributed by atoms with van der Waals surface area (Å²) in [4.78, 5) is 23.4. The Balaban J connectivity index is 1.83. The van der Waals surface area contributed by atoms with Crippen molar-refractivity contribution in [2.24, 2.45) is 0 Å². The van der Waals surface area contributed by atoms with Crippen molar-refractivity contribution >= 4 is 29.1 Å². The van der Waals surface area contributed by atoms with Gasteiger partial charge < -0.3 is 20.2 Å². The van der Waals surface area contributed by atoms with Gasteiger partial charge in [-0.15, -0.1) is 0 Å². The zero-order chi connectivity index (χ0) is 16.1. The van der Waals surface area contributed by atoms with E-state index in [0.29, 0.717) is 22.2 Å². The maximum Gasteiger partial charge on any atom is 0.313 e. The van der Waals surface area contributed by atoms with Gasteiger partial charge in [-0.05, 0) is 43.3 Å². The Hall–Kier alpha value is -2.31. The van der Waals surface area contributed by atoms with E-state index in [1.165, 1.54) is 0 Å². The third-order valence-corrected chi connectivity index (χ3v) is 3.11. The maximum atomic E-state index is 11.7. The summed E-state index contributed by atoms with van der Waals surface area (Å²) in [6.45, 7) is 1.62. The predicted octanol–water partition coefficient (Wildman–Crippen LogP) is 2.03. The molecule has 0 saturated carbocycles. The number of furan rings is 1. The third kappa shape index (κ3) is 4.34. The van der Waals surface area contributed by atoms with Crippen LogP contribution in [0.5, 0.6) is 0 Å². The molecule has 0 radical (unpaired) electrons. The summed E-state index contributed by atoms with van der Waals surface area (Å²) in [5.74, 6) is -0.695. The summed E-state index contributed by atoms with van der Waals surface area (Å²) in [6, 6.07) is 9.66. The molecule has 2 amide bonds. The van der Waals surface area contributed by atoms with Crippen molar-refractivity contribution in [2.45, 2.75) is 13.0 Å². The first-order valence-corrected chi connectivity index (χ1v) is 6.92. The molecule has 1 aromatic heterocycles. The first-order valence-electron chi connectivity index (χ1n) is 6.55. The third-order valence-electron chi connectivity index (χ3n) is 2.85. The zero-order valence-corrected chi connectivity index (χ0v) is 12.6. The van der Waals surface area contributed by atoms with E-state index in [9.17, 15) is 14.7 Å². The van der Waals surface area contributed by atoms with Crippen LogP contribution in [0.4, 0.5) is 5.69 Å². The van der Waals surface area contributed by atoms with Gasteiger partial charge in [0.05, 0.1) is 6.54 Å². The molecule has 22 heavy (non-hydrogen) atoms. The van der Waals surface area contributed by atoms with Gasteiger partial charge in [-0.25, -0.2) is 0 Å². The van der Waals surface area contributed by atoms with Gasteiger partial charge in [0.25, 0.3) is 0 Å². The first-order chi connectivity index (χ1) is 10.5. The average molecular weight is 323 g/mol. The molecule has 3 N–H and O–H groups in total. The second-order valence-corrected chi connectivity index (χ2v) is 5.07. The quantitative estimate of drug-likeness (QED) is 0.751. The van der Waals surface area contributed by atoms with E-state index in [4.69, 9.17) is 16.0 Å². The van der Waals surface area contributed by atoms with Crippen molar-refractivity contribution < 1.29 is 19.1 Å². The van der Waals surface area contributed by atoms with Crippen LogP contribution in [-0.2, 0) is 9.59 Å². The summed E-state index contributed by atoms with van der Waals surface area (Å²) in [5, 5.41) is 15.1. The Morgan fingerprint density at radius 1 is 1.18 bits per heavy atom. The van der Waals surface area contributed by atoms with Crippen molar-refractivity contribution in [2.75, 3.05) is 11.9 Å². The minimum absolute atomic E-state index is 0.125. The number of hydrogen-bond acceptors (Lipinski definition) is 4. The van der Waals surface area contributed by atoms with E-state index < -0.39 is 17.9 Å². The first kappa shape index (κ1) is 16.1. The van der Waals surface area contributed by atoms with Crippen molar-refractivity contribution in [3.63, 3.8) is 0 Å². The lowest BCUT2D eigenvalue weighted by molar-refractivity contribution is -0.136. The minimum Gasteiger partial charge on any atom is -0.464 e. The summed E-state index contributed by atoms with van der Waals surface area (Å²) in [6.07, 6.45) is -1.01.